The third-order valence-corrected chi connectivity index (χ3v) is 4.33. The van der Waals surface area contributed by atoms with Gasteiger partial charge in [-0.2, -0.15) is 0 Å². The Morgan fingerprint density at radius 3 is 2.69 bits per heavy atom. The zero-order valence-electron chi connectivity index (χ0n) is 13.7. The summed E-state index contributed by atoms with van der Waals surface area (Å²) in [6.45, 7) is 0.541. The number of carbonyl (C=O) groups excluding carboxylic acids is 2. The van der Waals surface area contributed by atoms with Gasteiger partial charge in [-0.15, -0.1) is 0 Å². The first-order chi connectivity index (χ1) is 12.6. The highest BCUT2D eigenvalue weighted by Gasteiger charge is 2.27. The molecule has 1 aromatic heterocycles. The predicted octanol–water partition coefficient (Wildman–Crippen LogP) is 3.87. The Morgan fingerprint density at radius 1 is 1.08 bits per heavy atom. The molecule has 26 heavy (non-hydrogen) atoms. The van der Waals surface area contributed by atoms with Gasteiger partial charge in [-0.3, -0.25) is 9.59 Å². The Kier molecular flexibility index (Phi) is 4.01. The molecule has 0 unspecified atom stereocenters. The molecule has 130 valence electrons. The van der Waals surface area contributed by atoms with Crippen molar-refractivity contribution in [3.63, 3.8) is 0 Å². The third kappa shape index (κ3) is 2.86. The van der Waals surface area contributed by atoms with Crippen molar-refractivity contribution < 1.29 is 18.4 Å². The maximum absolute atomic E-state index is 13.7. The quantitative estimate of drug-likeness (QED) is 0.780. The highest BCUT2D eigenvalue weighted by molar-refractivity contribution is 6.07. The number of carbonyl (C=O) groups is 2. The van der Waals surface area contributed by atoms with Crippen molar-refractivity contribution in [3.05, 3.63) is 83.6 Å². The number of halogens is 1. The first-order valence-electron chi connectivity index (χ1n) is 8.17. The molecule has 5 nitrogen and oxygen atoms in total. The third-order valence-electron chi connectivity index (χ3n) is 4.33. The van der Waals surface area contributed by atoms with Crippen molar-refractivity contribution in [3.8, 4) is 0 Å². The first kappa shape index (κ1) is 16.1. The average molecular weight is 350 g/mol. The second kappa shape index (κ2) is 6.48. The summed E-state index contributed by atoms with van der Waals surface area (Å²) in [6.07, 6.45) is 2.14. The van der Waals surface area contributed by atoms with Crippen LogP contribution in [0, 0.1) is 5.82 Å². The number of hydrogen-bond donors (Lipinski definition) is 1. The molecule has 1 aliphatic heterocycles. The average Bonchev–Trinajstić information content (AvgIpc) is 3.31. The van der Waals surface area contributed by atoms with Crippen molar-refractivity contribution in [1.29, 1.82) is 0 Å². The van der Waals surface area contributed by atoms with Gasteiger partial charge < -0.3 is 14.6 Å². The Labute approximate surface area is 149 Å². The summed E-state index contributed by atoms with van der Waals surface area (Å²) in [4.78, 5) is 26.4. The van der Waals surface area contributed by atoms with Gasteiger partial charge in [0, 0.05) is 17.9 Å². The highest BCUT2D eigenvalue weighted by Crippen LogP contribution is 2.32. The second-order valence-corrected chi connectivity index (χ2v) is 5.96. The summed E-state index contributed by atoms with van der Waals surface area (Å²) in [7, 11) is 0. The van der Waals surface area contributed by atoms with Gasteiger partial charge in [0.15, 0.2) is 5.76 Å². The van der Waals surface area contributed by atoms with E-state index in [1.807, 2.05) is 6.07 Å². The summed E-state index contributed by atoms with van der Waals surface area (Å²) >= 11 is 0. The number of amides is 2. The van der Waals surface area contributed by atoms with Crippen LogP contribution in [0.5, 0.6) is 0 Å². The molecule has 2 amide bonds. The topological polar surface area (TPSA) is 62.6 Å². The zero-order chi connectivity index (χ0) is 18.1. The summed E-state index contributed by atoms with van der Waals surface area (Å²) in [5, 5.41) is 2.70. The van der Waals surface area contributed by atoms with E-state index in [4.69, 9.17) is 4.42 Å². The van der Waals surface area contributed by atoms with E-state index >= 15 is 0 Å². The van der Waals surface area contributed by atoms with E-state index in [0.717, 1.165) is 11.3 Å². The number of furan rings is 1. The SMILES string of the molecule is O=C(Nc1ccc2c(c1)CCN2C(=O)c1ccco1)c1ccccc1F. The first-order valence-corrected chi connectivity index (χ1v) is 8.17. The van der Waals surface area contributed by atoms with Gasteiger partial charge in [-0.25, -0.2) is 4.39 Å². The van der Waals surface area contributed by atoms with Gasteiger partial charge >= 0.3 is 0 Å². The van der Waals surface area contributed by atoms with E-state index in [0.29, 0.717) is 18.7 Å². The summed E-state index contributed by atoms with van der Waals surface area (Å²) in [5.74, 6) is -0.988. The van der Waals surface area contributed by atoms with Crippen LogP contribution in [-0.4, -0.2) is 18.4 Å². The molecule has 0 fully saturated rings. The highest BCUT2D eigenvalue weighted by atomic mass is 19.1. The lowest BCUT2D eigenvalue weighted by Gasteiger charge is -2.16. The second-order valence-electron chi connectivity index (χ2n) is 5.96. The van der Waals surface area contributed by atoms with Crippen LogP contribution < -0.4 is 10.2 Å². The Morgan fingerprint density at radius 2 is 1.92 bits per heavy atom. The van der Waals surface area contributed by atoms with E-state index in [-0.39, 0.29) is 17.2 Å². The lowest BCUT2D eigenvalue weighted by molar-refractivity contribution is 0.0961. The van der Waals surface area contributed by atoms with Crippen LogP contribution in [0.4, 0.5) is 15.8 Å². The molecule has 0 saturated carbocycles. The molecule has 6 heteroatoms. The molecular weight excluding hydrogens is 335 g/mol. The van der Waals surface area contributed by atoms with E-state index in [2.05, 4.69) is 5.32 Å². The van der Waals surface area contributed by atoms with E-state index in [1.54, 1.807) is 35.2 Å². The van der Waals surface area contributed by atoms with Gasteiger partial charge in [-0.1, -0.05) is 12.1 Å². The number of fused-ring (bicyclic) bond motifs is 1. The van der Waals surface area contributed by atoms with Crippen molar-refractivity contribution in [2.75, 3.05) is 16.8 Å². The minimum Gasteiger partial charge on any atom is -0.459 e. The Balaban J connectivity index is 1.54. The number of anilines is 2. The summed E-state index contributed by atoms with van der Waals surface area (Å²) in [5.41, 5.74) is 2.28. The van der Waals surface area contributed by atoms with Crippen molar-refractivity contribution >= 4 is 23.2 Å². The molecule has 4 rings (SSSR count). The van der Waals surface area contributed by atoms with E-state index in [9.17, 15) is 14.0 Å². The minimum absolute atomic E-state index is 0.0115. The fourth-order valence-electron chi connectivity index (χ4n) is 3.07. The molecule has 0 radical (unpaired) electrons. The van der Waals surface area contributed by atoms with Gasteiger partial charge in [-0.05, 0) is 54.4 Å². The number of nitrogens with one attached hydrogen (secondary N) is 1. The monoisotopic (exact) mass is 350 g/mol. The van der Waals surface area contributed by atoms with E-state index in [1.165, 1.54) is 24.5 Å². The maximum atomic E-state index is 13.7. The van der Waals surface area contributed by atoms with Crippen LogP contribution in [0.2, 0.25) is 0 Å². The van der Waals surface area contributed by atoms with Crippen molar-refractivity contribution in [2.45, 2.75) is 6.42 Å². The smallest absolute Gasteiger partial charge is 0.293 e. The molecule has 1 aliphatic rings. The normalized spacial score (nSPS) is 12.7. The molecule has 0 spiro atoms. The molecule has 0 bridgehead atoms. The van der Waals surface area contributed by atoms with Crippen LogP contribution in [0.1, 0.15) is 26.5 Å². The lowest BCUT2D eigenvalue weighted by Crippen LogP contribution is -2.28. The summed E-state index contributed by atoms with van der Waals surface area (Å²) < 4.78 is 18.9. The van der Waals surface area contributed by atoms with Crippen LogP contribution in [0.3, 0.4) is 0 Å². The maximum Gasteiger partial charge on any atom is 0.293 e. The minimum atomic E-state index is -0.568. The molecule has 0 aliphatic carbocycles. The number of benzene rings is 2. The van der Waals surface area contributed by atoms with Gasteiger partial charge in [0.1, 0.15) is 5.82 Å². The lowest BCUT2D eigenvalue weighted by atomic mass is 10.1. The van der Waals surface area contributed by atoms with E-state index < -0.39 is 11.7 Å². The largest absolute Gasteiger partial charge is 0.459 e. The van der Waals surface area contributed by atoms with Gasteiger partial charge in [0.2, 0.25) is 0 Å². The molecule has 2 aromatic carbocycles. The van der Waals surface area contributed by atoms with Gasteiger partial charge in [0.25, 0.3) is 11.8 Å². The zero-order valence-corrected chi connectivity index (χ0v) is 13.7. The van der Waals surface area contributed by atoms with Crippen molar-refractivity contribution in [2.24, 2.45) is 0 Å². The number of rotatable bonds is 3. The molecule has 3 aromatic rings. The predicted molar refractivity (Wildman–Crippen MR) is 94.9 cm³/mol. The molecule has 2 heterocycles. The standard InChI is InChI=1S/C20H15FN2O3/c21-16-5-2-1-4-15(16)19(24)22-14-7-8-17-13(12-14)9-10-23(17)20(25)18-6-3-11-26-18/h1-8,11-12H,9-10H2,(H,22,24). The molecular formula is C20H15FN2O3. The number of hydrogen-bond acceptors (Lipinski definition) is 3. The van der Waals surface area contributed by atoms with Crippen LogP contribution in [0.25, 0.3) is 0 Å². The number of nitrogens with zero attached hydrogens (tertiary/aromatic N) is 1. The van der Waals surface area contributed by atoms with Crippen LogP contribution in [-0.2, 0) is 6.42 Å². The van der Waals surface area contributed by atoms with Crippen LogP contribution in [0.15, 0.2) is 65.3 Å². The van der Waals surface area contributed by atoms with Gasteiger partial charge in [0.05, 0.1) is 11.8 Å². The Bertz CT molecular complexity index is 982. The summed E-state index contributed by atoms with van der Waals surface area (Å²) in [6, 6.07) is 14.4. The fraction of sp³-hybridized carbons (Fsp3) is 0.100. The fourth-order valence-corrected chi connectivity index (χ4v) is 3.07. The molecule has 0 atom stereocenters. The molecule has 0 saturated heterocycles. The molecule has 1 N–H and O–H groups in total. The Hall–Kier alpha value is -3.41. The van der Waals surface area contributed by atoms with Crippen LogP contribution >= 0.6 is 0 Å². The van der Waals surface area contributed by atoms with Crippen molar-refractivity contribution in [1.82, 2.24) is 0 Å².